The van der Waals surface area contributed by atoms with Crippen molar-refractivity contribution in [3.8, 4) is 0 Å². The SMILES string of the molecule is Nc1[nH]c(=O)cc2c1C(=O)NC2=O. The number of hydrogen-bond donors (Lipinski definition) is 3. The molecule has 0 unspecified atom stereocenters. The minimum absolute atomic E-state index is 0.0336. The van der Waals surface area contributed by atoms with Gasteiger partial charge in [-0.2, -0.15) is 0 Å². The zero-order chi connectivity index (χ0) is 9.59. The van der Waals surface area contributed by atoms with Gasteiger partial charge in [-0.15, -0.1) is 0 Å². The molecule has 66 valence electrons. The average molecular weight is 179 g/mol. The van der Waals surface area contributed by atoms with Gasteiger partial charge in [0.1, 0.15) is 5.82 Å². The molecule has 0 fully saturated rings. The standard InChI is InChI=1S/C7H5N3O3/c8-5-4-2(1-3(11)9-5)6(12)10-7(4)13/h1H,(H3,8,9,11)(H,10,12,13). The van der Waals surface area contributed by atoms with Gasteiger partial charge in [0.15, 0.2) is 0 Å². The number of carbonyl (C=O) groups excluding carboxylic acids is 2. The van der Waals surface area contributed by atoms with E-state index in [-0.39, 0.29) is 16.9 Å². The molecule has 1 aliphatic rings. The number of amides is 2. The van der Waals surface area contributed by atoms with Crippen LogP contribution in [0, 0.1) is 0 Å². The number of H-pyrrole nitrogens is 1. The fraction of sp³-hybridized carbons (Fsp3) is 0. The molecule has 6 nitrogen and oxygen atoms in total. The molecular formula is C7H5N3O3. The zero-order valence-electron chi connectivity index (χ0n) is 6.38. The number of anilines is 1. The van der Waals surface area contributed by atoms with Crippen molar-refractivity contribution in [3.05, 3.63) is 27.5 Å². The summed E-state index contributed by atoms with van der Waals surface area (Å²) in [6, 6.07) is 1.05. The predicted octanol–water partition coefficient (Wildman–Crippen LogP) is -1.16. The summed E-state index contributed by atoms with van der Waals surface area (Å²) in [5, 5.41) is 2.03. The number of pyridine rings is 1. The lowest BCUT2D eigenvalue weighted by Gasteiger charge is -1.96. The Kier molecular flexibility index (Phi) is 1.27. The number of imide groups is 1. The number of aromatic nitrogens is 1. The first-order valence-electron chi connectivity index (χ1n) is 3.48. The van der Waals surface area contributed by atoms with Crippen LogP contribution in [0.1, 0.15) is 20.7 Å². The molecule has 0 aliphatic carbocycles. The van der Waals surface area contributed by atoms with Crippen LogP contribution in [-0.4, -0.2) is 16.8 Å². The van der Waals surface area contributed by atoms with Crippen molar-refractivity contribution >= 4 is 17.6 Å². The van der Waals surface area contributed by atoms with Gasteiger partial charge in [-0.1, -0.05) is 0 Å². The Balaban J connectivity index is 2.84. The van der Waals surface area contributed by atoms with E-state index in [0.29, 0.717) is 0 Å². The van der Waals surface area contributed by atoms with Crippen LogP contribution in [0.2, 0.25) is 0 Å². The molecule has 13 heavy (non-hydrogen) atoms. The minimum Gasteiger partial charge on any atom is -0.384 e. The summed E-state index contributed by atoms with van der Waals surface area (Å²) in [5.74, 6) is -1.24. The van der Waals surface area contributed by atoms with Crippen LogP contribution in [0.25, 0.3) is 0 Å². The van der Waals surface area contributed by atoms with Crippen LogP contribution >= 0.6 is 0 Å². The van der Waals surface area contributed by atoms with E-state index in [2.05, 4.69) is 4.98 Å². The van der Waals surface area contributed by atoms with Crippen molar-refractivity contribution in [1.82, 2.24) is 10.3 Å². The highest BCUT2D eigenvalue weighted by Gasteiger charge is 2.29. The fourth-order valence-electron chi connectivity index (χ4n) is 1.24. The van der Waals surface area contributed by atoms with Crippen molar-refractivity contribution in [2.24, 2.45) is 0 Å². The first-order chi connectivity index (χ1) is 6.09. The summed E-state index contributed by atoms with van der Waals surface area (Å²) in [6.45, 7) is 0. The quantitative estimate of drug-likeness (QED) is 0.437. The Labute approximate surface area is 71.7 Å². The fourth-order valence-corrected chi connectivity index (χ4v) is 1.24. The molecule has 2 heterocycles. The second kappa shape index (κ2) is 2.19. The van der Waals surface area contributed by atoms with Gasteiger partial charge >= 0.3 is 0 Å². The highest BCUT2D eigenvalue weighted by atomic mass is 16.2. The molecule has 0 radical (unpaired) electrons. The third kappa shape index (κ3) is 0.919. The molecule has 2 amide bonds. The maximum absolute atomic E-state index is 11.1. The van der Waals surface area contributed by atoms with E-state index in [1.807, 2.05) is 5.32 Å². The van der Waals surface area contributed by atoms with Crippen LogP contribution < -0.4 is 16.6 Å². The highest BCUT2D eigenvalue weighted by Crippen LogP contribution is 2.17. The maximum Gasteiger partial charge on any atom is 0.262 e. The zero-order valence-corrected chi connectivity index (χ0v) is 6.38. The number of rotatable bonds is 0. The van der Waals surface area contributed by atoms with E-state index >= 15 is 0 Å². The van der Waals surface area contributed by atoms with Gasteiger partial charge < -0.3 is 10.7 Å². The molecule has 1 aromatic rings. The smallest absolute Gasteiger partial charge is 0.262 e. The third-order valence-electron chi connectivity index (χ3n) is 1.77. The normalized spacial score (nSPS) is 14.2. The van der Waals surface area contributed by atoms with Crippen molar-refractivity contribution in [3.63, 3.8) is 0 Å². The van der Waals surface area contributed by atoms with Crippen molar-refractivity contribution in [2.75, 3.05) is 5.73 Å². The molecule has 2 rings (SSSR count). The summed E-state index contributed by atoms with van der Waals surface area (Å²) in [6.07, 6.45) is 0. The molecule has 0 atom stereocenters. The Hall–Kier alpha value is -2.11. The van der Waals surface area contributed by atoms with Gasteiger partial charge in [0.05, 0.1) is 11.1 Å². The van der Waals surface area contributed by atoms with Gasteiger partial charge in [0.2, 0.25) is 5.56 Å². The predicted molar refractivity (Wildman–Crippen MR) is 43.3 cm³/mol. The summed E-state index contributed by atoms with van der Waals surface area (Å²) >= 11 is 0. The number of aromatic amines is 1. The van der Waals surface area contributed by atoms with Gasteiger partial charge in [-0.3, -0.25) is 19.7 Å². The third-order valence-corrected chi connectivity index (χ3v) is 1.77. The molecule has 0 aromatic carbocycles. The van der Waals surface area contributed by atoms with Crippen LogP contribution in [-0.2, 0) is 0 Å². The average Bonchev–Trinajstić information content (AvgIpc) is 2.27. The lowest BCUT2D eigenvalue weighted by atomic mass is 10.1. The maximum atomic E-state index is 11.1. The van der Waals surface area contributed by atoms with Crippen LogP contribution in [0.4, 0.5) is 5.82 Å². The van der Waals surface area contributed by atoms with E-state index in [1.54, 1.807) is 0 Å². The summed E-state index contributed by atoms with van der Waals surface area (Å²) < 4.78 is 0. The summed E-state index contributed by atoms with van der Waals surface area (Å²) in [5.41, 5.74) is 4.94. The number of fused-ring (bicyclic) bond motifs is 1. The number of hydrogen-bond acceptors (Lipinski definition) is 4. The summed E-state index contributed by atoms with van der Waals surface area (Å²) in [7, 11) is 0. The first-order valence-corrected chi connectivity index (χ1v) is 3.48. The Morgan fingerprint density at radius 1 is 1.15 bits per heavy atom. The van der Waals surface area contributed by atoms with Crippen molar-refractivity contribution < 1.29 is 9.59 Å². The number of carbonyl (C=O) groups is 2. The van der Waals surface area contributed by atoms with Gasteiger partial charge in [0.25, 0.3) is 11.8 Å². The van der Waals surface area contributed by atoms with Crippen LogP contribution in [0.5, 0.6) is 0 Å². The lowest BCUT2D eigenvalue weighted by Crippen LogP contribution is -2.20. The van der Waals surface area contributed by atoms with Crippen molar-refractivity contribution in [1.29, 1.82) is 0 Å². The highest BCUT2D eigenvalue weighted by molar-refractivity contribution is 6.23. The number of nitrogens with one attached hydrogen (secondary N) is 2. The summed E-state index contributed by atoms with van der Waals surface area (Å²) in [4.78, 5) is 35.2. The Bertz CT molecular complexity index is 474. The van der Waals surface area contributed by atoms with Gasteiger partial charge in [-0.05, 0) is 0 Å². The Morgan fingerprint density at radius 3 is 2.54 bits per heavy atom. The van der Waals surface area contributed by atoms with E-state index in [9.17, 15) is 14.4 Å². The molecule has 0 bridgehead atoms. The van der Waals surface area contributed by atoms with E-state index in [4.69, 9.17) is 5.73 Å². The van der Waals surface area contributed by atoms with E-state index < -0.39 is 17.4 Å². The number of nitrogens with two attached hydrogens (primary N) is 1. The molecule has 0 saturated carbocycles. The largest absolute Gasteiger partial charge is 0.384 e. The molecule has 0 spiro atoms. The van der Waals surface area contributed by atoms with E-state index in [1.165, 1.54) is 0 Å². The van der Waals surface area contributed by atoms with Crippen LogP contribution in [0.15, 0.2) is 10.9 Å². The molecule has 1 aliphatic heterocycles. The Morgan fingerprint density at radius 2 is 1.85 bits per heavy atom. The van der Waals surface area contributed by atoms with Gasteiger partial charge in [-0.25, -0.2) is 0 Å². The molecule has 4 N–H and O–H groups in total. The molecule has 1 aromatic heterocycles. The first kappa shape index (κ1) is 7.53. The van der Waals surface area contributed by atoms with Crippen LogP contribution in [0.3, 0.4) is 0 Å². The van der Waals surface area contributed by atoms with E-state index in [0.717, 1.165) is 6.07 Å². The molecule has 0 saturated heterocycles. The molecule has 6 heteroatoms. The van der Waals surface area contributed by atoms with Crippen molar-refractivity contribution in [2.45, 2.75) is 0 Å². The topological polar surface area (TPSA) is 105 Å². The second-order valence-corrected chi connectivity index (χ2v) is 2.62. The van der Waals surface area contributed by atoms with Gasteiger partial charge in [0, 0.05) is 6.07 Å². The number of nitrogen functional groups attached to an aromatic ring is 1. The second-order valence-electron chi connectivity index (χ2n) is 2.62. The monoisotopic (exact) mass is 179 g/mol. The lowest BCUT2D eigenvalue weighted by molar-refractivity contribution is 0.0880. The molecular weight excluding hydrogens is 174 g/mol. The minimum atomic E-state index is -0.585.